The normalized spacial score (nSPS) is 10.1. The summed E-state index contributed by atoms with van der Waals surface area (Å²) in [5, 5.41) is 6.81. The van der Waals surface area contributed by atoms with Gasteiger partial charge in [-0.2, -0.15) is 11.3 Å². The van der Waals surface area contributed by atoms with Crippen molar-refractivity contribution in [3.05, 3.63) is 52.2 Å². The number of ether oxygens (including phenoxy) is 1. The van der Waals surface area contributed by atoms with Crippen LogP contribution in [0.15, 0.2) is 41.1 Å². The van der Waals surface area contributed by atoms with E-state index in [1.165, 1.54) is 7.11 Å². The largest absolute Gasteiger partial charge is 0.465 e. The first kappa shape index (κ1) is 14.3. The monoisotopic (exact) mass is 289 g/mol. The minimum atomic E-state index is -0.417. The van der Waals surface area contributed by atoms with Gasteiger partial charge in [-0.25, -0.2) is 4.79 Å². The fraction of sp³-hybridized carbons (Fsp3) is 0.200. The second-order valence-corrected chi connectivity index (χ2v) is 5.03. The van der Waals surface area contributed by atoms with Gasteiger partial charge in [-0.3, -0.25) is 4.79 Å². The van der Waals surface area contributed by atoms with Crippen LogP contribution in [0.3, 0.4) is 0 Å². The van der Waals surface area contributed by atoms with Crippen LogP contribution in [-0.2, 0) is 16.0 Å². The molecule has 0 saturated heterocycles. The van der Waals surface area contributed by atoms with E-state index in [1.54, 1.807) is 35.6 Å². The van der Waals surface area contributed by atoms with Crippen molar-refractivity contribution < 1.29 is 14.3 Å². The van der Waals surface area contributed by atoms with Gasteiger partial charge in [0.1, 0.15) is 0 Å². The summed E-state index contributed by atoms with van der Waals surface area (Å²) in [5.41, 5.74) is 2.18. The third-order valence-corrected chi connectivity index (χ3v) is 3.52. The maximum atomic E-state index is 11.8. The molecule has 1 aromatic carbocycles. The van der Waals surface area contributed by atoms with E-state index in [0.29, 0.717) is 24.1 Å². The smallest absolute Gasteiger partial charge is 0.337 e. The number of aryl methyl sites for hydroxylation is 1. The van der Waals surface area contributed by atoms with Gasteiger partial charge >= 0.3 is 5.97 Å². The van der Waals surface area contributed by atoms with Crippen molar-refractivity contribution in [1.82, 2.24) is 0 Å². The quantitative estimate of drug-likeness (QED) is 0.860. The summed E-state index contributed by atoms with van der Waals surface area (Å²) < 4.78 is 4.64. The summed E-state index contributed by atoms with van der Waals surface area (Å²) in [6, 6.07) is 8.71. The molecule has 104 valence electrons. The number of rotatable bonds is 5. The summed E-state index contributed by atoms with van der Waals surface area (Å²) >= 11 is 1.62. The first-order valence-electron chi connectivity index (χ1n) is 6.18. The fourth-order valence-electron chi connectivity index (χ4n) is 1.76. The zero-order chi connectivity index (χ0) is 14.4. The molecular weight excluding hydrogens is 274 g/mol. The molecule has 0 radical (unpaired) electrons. The lowest BCUT2D eigenvalue weighted by Crippen LogP contribution is -2.12. The zero-order valence-corrected chi connectivity index (χ0v) is 11.9. The van der Waals surface area contributed by atoms with Gasteiger partial charge < -0.3 is 10.1 Å². The molecule has 20 heavy (non-hydrogen) atoms. The molecule has 0 bridgehead atoms. The number of hydrogen-bond acceptors (Lipinski definition) is 4. The number of nitrogens with one attached hydrogen (secondary N) is 1. The van der Waals surface area contributed by atoms with Crippen LogP contribution in [0, 0.1) is 0 Å². The lowest BCUT2D eigenvalue weighted by Gasteiger charge is -2.06. The molecule has 0 fully saturated rings. The minimum Gasteiger partial charge on any atom is -0.465 e. The Kier molecular flexibility index (Phi) is 4.90. The zero-order valence-electron chi connectivity index (χ0n) is 11.1. The number of carbonyl (C=O) groups is 2. The van der Waals surface area contributed by atoms with Crippen LogP contribution in [0.1, 0.15) is 22.3 Å². The van der Waals surface area contributed by atoms with Crippen LogP contribution < -0.4 is 5.32 Å². The molecule has 1 N–H and O–H groups in total. The van der Waals surface area contributed by atoms with E-state index < -0.39 is 5.97 Å². The summed E-state index contributed by atoms with van der Waals surface area (Å²) in [7, 11) is 1.33. The van der Waals surface area contributed by atoms with Crippen molar-refractivity contribution >= 4 is 28.9 Å². The van der Waals surface area contributed by atoms with Gasteiger partial charge in [-0.05, 0) is 47.0 Å². The first-order valence-corrected chi connectivity index (χ1v) is 7.12. The van der Waals surface area contributed by atoms with Crippen molar-refractivity contribution in [1.29, 1.82) is 0 Å². The molecule has 0 spiro atoms. The molecule has 0 aliphatic heterocycles. The Labute approximate surface area is 121 Å². The van der Waals surface area contributed by atoms with Crippen LogP contribution in [0.5, 0.6) is 0 Å². The topological polar surface area (TPSA) is 55.4 Å². The Balaban J connectivity index is 1.92. The molecule has 1 amide bonds. The highest BCUT2D eigenvalue weighted by Crippen LogP contribution is 2.13. The van der Waals surface area contributed by atoms with E-state index in [9.17, 15) is 9.59 Å². The van der Waals surface area contributed by atoms with Gasteiger partial charge in [0.15, 0.2) is 0 Å². The van der Waals surface area contributed by atoms with E-state index in [1.807, 2.05) is 16.8 Å². The van der Waals surface area contributed by atoms with E-state index in [-0.39, 0.29) is 5.91 Å². The van der Waals surface area contributed by atoms with E-state index in [2.05, 4.69) is 10.1 Å². The SMILES string of the molecule is COC(=O)c1cccc(NC(=O)CCc2ccsc2)c1. The standard InChI is InChI=1S/C15H15NO3S/c1-19-15(18)12-3-2-4-13(9-12)16-14(17)6-5-11-7-8-20-10-11/h2-4,7-10H,5-6H2,1H3,(H,16,17). The van der Waals surface area contributed by atoms with Crippen molar-refractivity contribution in [3.63, 3.8) is 0 Å². The Morgan fingerprint density at radius 2 is 2.15 bits per heavy atom. The number of benzene rings is 1. The predicted octanol–water partition coefficient (Wildman–Crippen LogP) is 3.11. The highest BCUT2D eigenvalue weighted by atomic mass is 32.1. The highest BCUT2D eigenvalue weighted by Gasteiger charge is 2.08. The van der Waals surface area contributed by atoms with Crippen molar-refractivity contribution in [2.75, 3.05) is 12.4 Å². The Morgan fingerprint density at radius 1 is 1.30 bits per heavy atom. The van der Waals surface area contributed by atoms with E-state index in [4.69, 9.17) is 0 Å². The van der Waals surface area contributed by atoms with Gasteiger partial charge in [0, 0.05) is 12.1 Å². The number of amides is 1. The number of thiophene rings is 1. The summed E-state index contributed by atoms with van der Waals surface area (Å²) in [4.78, 5) is 23.2. The predicted molar refractivity (Wildman–Crippen MR) is 79.1 cm³/mol. The fourth-order valence-corrected chi connectivity index (χ4v) is 2.46. The Bertz CT molecular complexity index is 593. The first-order chi connectivity index (χ1) is 9.69. The Morgan fingerprint density at radius 3 is 2.85 bits per heavy atom. The number of hydrogen-bond donors (Lipinski definition) is 1. The molecule has 2 rings (SSSR count). The molecule has 0 atom stereocenters. The maximum absolute atomic E-state index is 11.8. The van der Waals surface area contributed by atoms with Crippen LogP contribution in [0.25, 0.3) is 0 Å². The number of anilines is 1. The van der Waals surface area contributed by atoms with E-state index >= 15 is 0 Å². The molecular formula is C15H15NO3S. The second kappa shape index (κ2) is 6.86. The highest BCUT2D eigenvalue weighted by molar-refractivity contribution is 7.07. The van der Waals surface area contributed by atoms with Crippen LogP contribution in [-0.4, -0.2) is 19.0 Å². The number of methoxy groups -OCH3 is 1. The maximum Gasteiger partial charge on any atom is 0.337 e. The average molecular weight is 289 g/mol. The second-order valence-electron chi connectivity index (χ2n) is 4.25. The van der Waals surface area contributed by atoms with Crippen molar-refractivity contribution in [2.45, 2.75) is 12.8 Å². The van der Waals surface area contributed by atoms with Gasteiger partial charge in [-0.1, -0.05) is 6.07 Å². The summed E-state index contributed by atoms with van der Waals surface area (Å²) in [5.74, 6) is -0.488. The molecule has 2 aromatic rings. The summed E-state index contributed by atoms with van der Waals surface area (Å²) in [6.45, 7) is 0. The lowest BCUT2D eigenvalue weighted by atomic mass is 10.1. The third kappa shape index (κ3) is 3.93. The molecule has 0 unspecified atom stereocenters. The molecule has 1 aromatic heterocycles. The molecule has 1 heterocycles. The van der Waals surface area contributed by atoms with Gasteiger partial charge in [0.2, 0.25) is 5.91 Å². The number of esters is 1. The molecule has 0 aliphatic carbocycles. The van der Waals surface area contributed by atoms with Crippen molar-refractivity contribution in [3.8, 4) is 0 Å². The number of carbonyl (C=O) groups excluding carboxylic acids is 2. The van der Waals surface area contributed by atoms with Gasteiger partial charge in [0.05, 0.1) is 12.7 Å². The van der Waals surface area contributed by atoms with Crippen LogP contribution in [0.2, 0.25) is 0 Å². The third-order valence-electron chi connectivity index (χ3n) is 2.79. The van der Waals surface area contributed by atoms with Gasteiger partial charge in [0.25, 0.3) is 0 Å². The molecule has 0 aliphatic rings. The lowest BCUT2D eigenvalue weighted by molar-refractivity contribution is -0.116. The molecule has 0 saturated carbocycles. The molecule has 5 heteroatoms. The minimum absolute atomic E-state index is 0.0711. The van der Waals surface area contributed by atoms with Crippen molar-refractivity contribution in [2.24, 2.45) is 0 Å². The van der Waals surface area contributed by atoms with Crippen LogP contribution in [0.4, 0.5) is 5.69 Å². The Hall–Kier alpha value is -2.14. The van der Waals surface area contributed by atoms with Crippen LogP contribution >= 0.6 is 11.3 Å². The van der Waals surface area contributed by atoms with E-state index in [0.717, 1.165) is 5.56 Å². The average Bonchev–Trinajstić information content (AvgIpc) is 2.98. The molecule has 4 nitrogen and oxygen atoms in total. The van der Waals surface area contributed by atoms with Gasteiger partial charge in [-0.15, -0.1) is 0 Å². The summed E-state index contributed by atoms with van der Waals surface area (Å²) in [6.07, 6.45) is 1.13.